The van der Waals surface area contributed by atoms with Crippen LogP contribution in [0.3, 0.4) is 0 Å². The Morgan fingerprint density at radius 1 is 1.45 bits per heavy atom. The molecule has 1 fully saturated rings. The lowest BCUT2D eigenvalue weighted by molar-refractivity contribution is 0.118. The minimum Gasteiger partial charge on any atom is -0.314 e. The summed E-state index contributed by atoms with van der Waals surface area (Å²) in [4.78, 5) is 2.45. The van der Waals surface area contributed by atoms with E-state index in [4.69, 9.17) is 11.6 Å². The zero-order valence-electron chi connectivity index (χ0n) is 12.5. The van der Waals surface area contributed by atoms with E-state index in [-0.39, 0.29) is 0 Å². The van der Waals surface area contributed by atoms with Gasteiger partial charge in [0, 0.05) is 28.1 Å². The molecule has 0 bridgehead atoms. The van der Waals surface area contributed by atoms with Gasteiger partial charge in [-0.1, -0.05) is 41.4 Å². The molecule has 1 saturated heterocycles. The zero-order valence-corrected chi connectivity index (χ0v) is 14.8. The molecule has 112 valence electrons. The normalized spacial score (nSPS) is 24.3. The third-order valence-electron chi connectivity index (χ3n) is 4.07. The van der Waals surface area contributed by atoms with Crippen LogP contribution in [0.2, 0.25) is 5.02 Å². The number of hydrogen-bond donors (Lipinski definition) is 1. The molecule has 1 aliphatic rings. The first-order valence-electron chi connectivity index (χ1n) is 7.37. The number of halogens is 2. The van der Waals surface area contributed by atoms with Crippen molar-refractivity contribution in [1.82, 2.24) is 10.2 Å². The first-order chi connectivity index (χ1) is 9.49. The standard InChI is InChI=1S/C16H24BrClN2/c1-11(2)19-10-12-5-4-8-20(3)16(12)14-9-13(17)6-7-15(14)18/h6-7,9,11-12,16,19H,4-5,8,10H2,1-3H3. The predicted molar refractivity (Wildman–Crippen MR) is 90.4 cm³/mol. The lowest BCUT2D eigenvalue weighted by Gasteiger charge is -2.40. The van der Waals surface area contributed by atoms with Gasteiger partial charge in [-0.15, -0.1) is 0 Å². The number of nitrogens with zero attached hydrogens (tertiary/aromatic N) is 1. The van der Waals surface area contributed by atoms with E-state index in [1.54, 1.807) is 0 Å². The second-order valence-electron chi connectivity index (χ2n) is 6.06. The fourth-order valence-corrected chi connectivity index (χ4v) is 3.70. The van der Waals surface area contributed by atoms with Crippen LogP contribution in [0.1, 0.15) is 38.3 Å². The lowest BCUT2D eigenvalue weighted by atomic mass is 9.84. The Bertz CT molecular complexity index is 450. The van der Waals surface area contributed by atoms with Crippen molar-refractivity contribution in [1.29, 1.82) is 0 Å². The van der Waals surface area contributed by atoms with Crippen LogP contribution in [0.4, 0.5) is 0 Å². The summed E-state index contributed by atoms with van der Waals surface area (Å²) in [5.41, 5.74) is 1.25. The lowest BCUT2D eigenvalue weighted by Crippen LogP contribution is -2.41. The fourth-order valence-electron chi connectivity index (χ4n) is 3.09. The van der Waals surface area contributed by atoms with Crippen LogP contribution in [-0.4, -0.2) is 31.1 Å². The Kier molecular flexibility index (Phi) is 5.91. The van der Waals surface area contributed by atoms with Crippen LogP contribution in [0.15, 0.2) is 22.7 Å². The summed E-state index contributed by atoms with van der Waals surface area (Å²) in [5.74, 6) is 0.614. The van der Waals surface area contributed by atoms with E-state index < -0.39 is 0 Å². The van der Waals surface area contributed by atoms with Gasteiger partial charge in [-0.25, -0.2) is 0 Å². The first-order valence-corrected chi connectivity index (χ1v) is 8.54. The van der Waals surface area contributed by atoms with Crippen molar-refractivity contribution in [3.05, 3.63) is 33.3 Å². The number of hydrogen-bond acceptors (Lipinski definition) is 2. The van der Waals surface area contributed by atoms with E-state index in [1.807, 2.05) is 12.1 Å². The summed E-state index contributed by atoms with van der Waals surface area (Å²) in [7, 11) is 2.21. The molecule has 0 aliphatic carbocycles. The smallest absolute Gasteiger partial charge is 0.0454 e. The molecule has 1 aromatic carbocycles. The molecule has 1 aromatic rings. The minimum atomic E-state index is 0.403. The molecule has 1 aliphatic heterocycles. The molecule has 1 heterocycles. The predicted octanol–water partition coefficient (Wildman–Crippen LogP) is 4.48. The first kappa shape index (κ1) is 16.3. The molecule has 0 saturated carbocycles. The fraction of sp³-hybridized carbons (Fsp3) is 0.625. The van der Waals surface area contributed by atoms with Gasteiger partial charge in [-0.2, -0.15) is 0 Å². The molecule has 0 amide bonds. The van der Waals surface area contributed by atoms with Gasteiger partial charge in [0.15, 0.2) is 0 Å². The third kappa shape index (κ3) is 3.97. The Morgan fingerprint density at radius 2 is 2.20 bits per heavy atom. The maximum Gasteiger partial charge on any atom is 0.0454 e. The van der Waals surface area contributed by atoms with Crippen molar-refractivity contribution in [2.75, 3.05) is 20.1 Å². The highest BCUT2D eigenvalue weighted by Crippen LogP contribution is 2.39. The molecule has 2 unspecified atom stereocenters. The topological polar surface area (TPSA) is 15.3 Å². The molecule has 0 spiro atoms. The largest absolute Gasteiger partial charge is 0.314 e. The molecular weight excluding hydrogens is 336 g/mol. The van der Waals surface area contributed by atoms with Crippen molar-refractivity contribution in [3.8, 4) is 0 Å². The molecule has 1 N–H and O–H groups in total. The summed E-state index contributed by atoms with van der Waals surface area (Å²) in [6, 6.07) is 7.12. The van der Waals surface area contributed by atoms with E-state index in [9.17, 15) is 0 Å². The summed E-state index contributed by atoms with van der Waals surface area (Å²) >= 11 is 10.0. The molecule has 2 nitrogen and oxygen atoms in total. The van der Waals surface area contributed by atoms with E-state index in [1.165, 1.54) is 18.4 Å². The summed E-state index contributed by atoms with van der Waals surface area (Å²) in [6.07, 6.45) is 2.53. The molecule has 4 heteroatoms. The van der Waals surface area contributed by atoms with Crippen LogP contribution < -0.4 is 5.32 Å². The molecule has 2 atom stereocenters. The monoisotopic (exact) mass is 358 g/mol. The number of likely N-dealkylation sites (tertiary alicyclic amines) is 1. The van der Waals surface area contributed by atoms with Gasteiger partial charge in [0.2, 0.25) is 0 Å². The van der Waals surface area contributed by atoms with E-state index in [0.29, 0.717) is 18.0 Å². The Hall–Kier alpha value is -0.0900. The Labute approximate surface area is 136 Å². The van der Waals surface area contributed by atoms with Crippen molar-refractivity contribution in [2.45, 2.75) is 38.8 Å². The average molecular weight is 360 g/mol. The minimum absolute atomic E-state index is 0.403. The highest BCUT2D eigenvalue weighted by molar-refractivity contribution is 9.10. The van der Waals surface area contributed by atoms with Crippen LogP contribution >= 0.6 is 27.5 Å². The summed E-state index contributed by atoms with van der Waals surface area (Å²) in [5, 5.41) is 4.46. The average Bonchev–Trinajstić information content (AvgIpc) is 2.39. The Balaban J connectivity index is 2.24. The van der Waals surface area contributed by atoms with E-state index in [2.05, 4.69) is 53.1 Å². The highest BCUT2D eigenvalue weighted by atomic mass is 79.9. The van der Waals surface area contributed by atoms with Crippen LogP contribution in [0, 0.1) is 5.92 Å². The SMILES string of the molecule is CC(C)NCC1CCCN(C)C1c1cc(Br)ccc1Cl. The number of rotatable bonds is 4. The number of nitrogens with one attached hydrogen (secondary N) is 1. The van der Waals surface area contributed by atoms with Gasteiger partial charge in [0.1, 0.15) is 0 Å². The third-order valence-corrected chi connectivity index (χ3v) is 4.91. The van der Waals surface area contributed by atoms with Gasteiger partial charge in [-0.05, 0) is 56.1 Å². The Morgan fingerprint density at radius 3 is 2.90 bits per heavy atom. The van der Waals surface area contributed by atoms with E-state index >= 15 is 0 Å². The number of piperidine rings is 1. The van der Waals surface area contributed by atoms with Gasteiger partial charge in [0.05, 0.1) is 0 Å². The van der Waals surface area contributed by atoms with Gasteiger partial charge in [-0.3, -0.25) is 4.90 Å². The van der Waals surface area contributed by atoms with Crippen LogP contribution in [0.5, 0.6) is 0 Å². The maximum atomic E-state index is 6.45. The highest BCUT2D eigenvalue weighted by Gasteiger charge is 2.31. The van der Waals surface area contributed by atoms with Crippen molar-refractivity contribution >= 4 is 27.5 Å². The quantitative estimate of drug-likeness (QED) is 0.852. The van der Waals surface area contributed by atoms with Crippen molar-refractivity contribution in [3.63, 3.8) is 0 Å². The summed E-state index contributed by atoms with van der Waals surface area (Å²) in [6.45, 7) is 6.60. The molecular formula is C16H24BrClN2. The van der Waals surface area contributed by atoms with Crippen LogP contribution in [-0.2, 0) is 0 Å². The number of benzene rings is 1. The van der Waals surface area contributed by atoms with E-state index in [0.717, 1.165) is 22.6 Å². The maximum absolute atomic E-state index is 6.45. The van der Waals surface area contributed by atoms with Crippen molar-refractivity contribution < 1.29 is 0 Å². The molecule has 2 rings (SSSR count). The zero-order chi connectivity index (χ0) is 14.7. The van der Waals surface area contributed by atoms with Crippen LogP contribution in [0.25, 0.3) is 0 Å². The molecule has 0 aromatic heterocycles. The second-order valence-corrected chi connectivity index (χ2v) is 7.38. The molecule has 20 heavy (non-hydrogen) atoms. The van der Waals surface area contributed by atoms with Crippen molar-refractivity contribution in [2.24, 2.45) is 5.92 Å². The summed E-state index contributed by atoms with van der Waals surface area (Å²) < 4.78 is 1.10. The van der Waals surface area contributed by atoms with Gasteiger partial charge < -0.3 is 5.32 Å². The molecule has 0 radical (unpaired) electrons. The van der Waals surface area contributed by atoms with Gasteiger partial charge >= 0.3 is 0 Å². The van der Waals surface area contributed by atoms with Gasteiger partial charge in [0.25, 0.3) is 0 Å². The second kappa shape index (κ2) is 7.26.